The number of carbonyl (C=O) groups excluding carboxylic acids is 1. The third kappa shape index (κ3) is 5.14. The highest BCUT2D eigenvalue weighted by atomic mass is 35.5. The number of rotatable bonds is 8. The van der Waals surface area contributed by atoms with Crippen LogP contribution >= 0.6 is 11.6 Å². The molecule has 0 aliphatic heterocycles. The molecule has 0 aromatic heterocycles. The molecule has 6 nitrogen and oxygen atoms in total. The van der Waals surface area contributed by atoms with Crippen molar-refractivity contribution in [3.05, 3.63) is 38.9 Å². The van der Waals surface area contributed by atoms with E-state index in [1.54, 1.807) is 0 Å². The topological polar surface area (TPSA) is 78.7 Å². The molecule has 0 saturated carbocycles. The number of hydrogen-bond donors (Lipinski definition) is 0. The van der Waals surface area contributed by atoms with Crippen LogP contribution in [-0.2, 0) is 9.47 Å². The second-order valence-electron chi connectivity index (χ2n) is 4.02. The summed E-state index contributed by atoms with van der Waals surface area (Å²) in [5, 5.41) is 10.8. The summed E-state index contributed by atoms with van der Waals surface area (Å²) < 4.78 is 10.2. The van der Waals surface area contributed by atoms with Gasteiger partial charge in [0.05, 0.1) is 22.1 Å². The number of nitrogens with zero attached hydrogens (tertiary/aromatic N) is 1. The third-order valence-corrected chi connectivity index (χ3v) is 2.81. The second-order valence-corrected chi connectivity index (χ2v) is 4.43. The summed E-state index contributed by atoms with van der Waals surface area (Å²) in [5.41, 5.74) is -0.227. The molecule has 0 atom stereocenters. The van der Waals surface area contributed by atoms with Crippen LogP contribution in [0.2, 0.25) is 5.02 Å². The zero-order chi connectivity index (χ0) is 15.0. The number of esters is 1. The van der Waals surface area contributed by atoms with Gasteiger partial charge in [-0.25, -0.2) is 4.79 Å². The Bertz CT molecular complexity index is 478. The van der Waals surface area contributed by atoms with Crippen molar-refractivity contribution in [1.82, 2.24) is 0 Å². The number of unbranched alkanes of at least 4 members (excludes halogenated alkanes) is 1. The number of nitro groups is 1. The summed E-state index contributed by atoms with van der Waals surface area (Å²) in [5.74, 6) is -0.696. The van der Waals surface area contributed by atoms with Crippen LogP contribution < -0.4 is 0 Å². The van der Waals surface area contributed by atoms with Crippen molar-refractivity contribution in [3.8, 4) is 0 Å². The Hall–Kier alpha value is -1.66. The third-order valence-electron chi connectivity index (χ3n) is 2.48. The van der Waals surface area contributed by atoms with Crippen LogP contribution in [0, 0.1) is 10.1 Å². The summed E-state index contributed by atoms with van der Waals surface area (Å²) in [6.45, 7) is 3.04. The molecule has 0 aliphatic carbocycles. The summed E-state index contributed by atoms with van der Waals surface area (Å²) in [4.78, 5) is 21.8. The Morgan fingerprint density at radius 3 is 2.75 bits per heavy atom. The predicted molar refractivity (Wildman–Crippen MR) is 74.1 cm³/mol. The van der Waals surface area contributed by atoms with Crippen molar-refractivity contribution in [2.75, 3.05) is 19.8 Å². The fourth-order valence-corrected chi connectivity index (χ4v) is 1.60. The Balaban J connectivity index is 2.50. The molecule has 0 fully saturated rings. The van der Waals surface area contributed by atoms with Crippen molar-refractivity contribution in [2.24, 2.45) is 0 Å². The average molecular weight is 302 g/mol. The molecule has 0 unspecified atom stereocenters. The maximum atomic E-state index is 11.7. The maximum Gasteiger partial charge on any atom is 0.339 e. The minimum absolute atomic E-state index is 0.0191. The zero-order valence-corrected chi connectivity index (χ0v) is 11.9. The quantitative estimate of drug-likeness (QED) is 0.319. The first-order valence-electron chi connectivity index (χ1n) is 6.25. The molecule has 0 aliphatic rings. The fourth-order valence-electron chi connectivity index (χ4n) is 1.40. The van der Waals surface area contributed by atoms with E-state index in [0.29, 0.717) is 6.61 Å². The lowest BCUT2D eigenvalue weighted by atomic mass is 10.2. The van der Waals surface area contributed by atoms with Crippen LogP contribution in [0.15, 0.2) is 18.2 Å². The summed E-state index contributed by atoms with van der Waals surface area (Å²) >= 11 is 5.82. The van der Waals surface area contributed by atoms with Gasteiger partial charge in [-0.05, 0) is 12.5 Å². The van der Waals surface area contributed by atoms with E-state index in [0.717, 1.165) is 18.9 Å². The molecular weight excluding hydrogens is 286 g/mol. The van der Waals surface area contributed by atoms with Gasteiger partial charge in [0.2, 0.25) is 0 Å². The predicted octanol–water partition coefficient (Wildman–Crippen LogP) is 3.22. The standard InChI is InChI=1S/C13H16ClNO5/c1-2-3-6-19-7-8-20-13(16)11-9-10(15(17)18)4-5-12(11)14/h4-5,9H,2-3,6-8H2,1H3. The van der Waals surface area contributed by atoms with Gasteiger partial charge in [0.25, 0.3) is 5.69 Å². The van der Waals surface area contributed by atoms with Gasteiger partial charge in [-0.1, -0.05) is 24.9 Å². The second kappa shape index (κ2) is 8.50. The van der Waals surface area contributed by atoms with E-state index in [2.05, 4.69) is 0 Å². The molecular formula is C13H16ClNO5. The van der Waals surface area contributed by atoms with Crippen LogP contribution in [0.4, 0.5) is 5.69 Å². The van der Waals surface area contributed by atoms with Crippen LogP contribution in [0.3, 0.4) is 0 Å². The van der Waals surface area contributed by atoms with Crippen molar-refractivity contribution in [1.29, 1.82) is 0 Å². The molecule has 110 valence electrons. The Morgan fingerprint density at radius 2 is 2.10 bits per heavy atom. The van der Waals surface area contributed by atoms with Crippen LogP contribution in [0.25, 0.3) is 0 Å². The number of ether oxygens (including phenoxy) is 2. The van der Waals surface area contributed by atoms with Crippen molar-refractivity contribution in [3.63, 3.8) is 0 Å². The highest BCUT2D eigenvalue weighted by Gasteiger charge is 2.16. The van der Waals surface area contributed by atoms with Gasteiger partial charge in [-0.3, -0.25) is 10.1 Å². The van der Waals surface area contributed by atoms with Crippen molar-refractivity contribution < 1.29 is 19.2 Å². The van der Waals surface area contributed by atoms with Crippen LogP contribution in [-0.4, -0.2) is 30.7 Å². The number of nitro benzene ring substituents is 1. The summed E-state index contributed by atoms with van der Waals surface area (Å²) in [7, 11) is 0. The first-order valence-corrected chi connectivity index (χ1v) is 6.63. The lowest BCUT2D eigenvalue weighted by Gasteiger charge is -2.07. The van der Waals surface area contributed by atoms with E-state index in [9.17, 15) is 14.9 Å². The number of carbonyl (C=O) groups is 1. The molecule has 0 radical (unpaired) electrons. The van der Waals surface area contributed by atoms with Gasteiger partial charge in [0.1, 0.15) is 6.61 Å². The van der Waals surface area contributed by atoms with E-state index in [-0.39, 0.29) is 29.5 Å². The maximum absolute atomic E-state index is 11.7. The summed E-state index contributed by atoms with van der Waals surface area (Å²) in [6.07, 6.45) is 1.98. The van der Waals surface area contributed by atoms with Crippen LogP contribution in [0.5, 0.6) is 0 Å². The van der Waals surface area contributed by atoms with Gasteiger partial charge < -0.3 is 9.47 Å². The number of halogens is 1. The highest BCUT2D eigenvalue weighted by molar-refractivity contribution is 6.33. The Labute approximate surface area is 121 Å². The van der Waals surface area contributed by atoms with Crippen molar-refractivity contribution >= 4 is 23.3 Å². The number of benzene rings is 1. The first kappa shape index (κ1) is 16.4. The minimum atomic E-state index is -0.696. The lowest BCUT2D eigenvalue weighted by molar-refractivity contribution is -0.384. The van der Waals surface area contributed by atoms with E-state index >= 15 is 0 Å². The molecule has 7 heteroatoms. The van der Waals surface area contributed by atoms with Gasteiger partial charge in [-0.2, -0.15) is 0 Å². The molecule has 0 bridgehead atoms. The van der Waals surface area contributed by atoms with E-state index < -0.39 is 10.9 Å². The molecule has 1 aromatic carbocycles. The number of hydrogen-bond acceptors (Lipinski definition) is 5. The highest BCUT2D eigenvalue weighted by Crippen LogP contribution is 2.22. The van der Waals surface area contributed by atoms with E-state index in [1.807, 2.05) is 6.92 Å². The Kier molecular flexibility index (Phi) is 6.97. The summed E-state index contributed by atoms with van der Waals surface area (Å²) in [6, 6.07) is 3.63. The molecule has 0 N–H and O–H groups in total. The van der Waals surface area contributed by atoms with Gasteiger partial charge in [0.15, 0.2) is 0 Å². The molecule has 20 heavy (non-hydrogen) atoms. The molecule has 0 amide bonds. The largest absolute Gasteiger partial charge is 0.460 e. The SMILES string of the molecule is CCCCOCCOC(=O)c1cc([N+](=O)[O-])ccc1Cl. The monoisotopic (exact) mass is 301 g/mol. The fraction of sp³-hybridized carbons (Fsp3) is 0.462. The van der Waals surface area contributed by atoms with E-state index in [4.69, 9.17) is 21.1 Å². The zero-order valence-electron chi connectivity index (χ0n) is 11.1. The van der Waals surface area contributed by atoms with Gasteiger partial charge in [-0.15, -0.1) is 0 Å². The van der Waals surface area contributed by atoms with E-state index in [1.165, 1.54) is 12.1 Å². The first-order chi connectivity index (χ1) is 9.56. The lowest BCUT2D eigenvalue weighted by Crippen LogP contribution is -2.12. The molecule has 1 rings (SSSR count). The molecule has 0 saturated heterocycles. The smallest absolute Gasteiger partial charge is 0.339 e. The van der Waals surface area contributed by atoms with Gasteiger partial charge >= 0.3 is 5.97 Å². The average Bonchev–Trinajstić information content (AvgIpc) is 2.42. The molecule has 0 spiro atoms. The normalized spacial score (nSPS) is 10.3. The molecule has 1 aromatic rings. The van der Waals surface area contributed by atoms with Gasteiger partial charge in [0, 0.05) is 18.7 Å². The Morgan fingerprint density at radius 1 is 1.35 bits per heavy atom. The minimum Gasteiger partial charge on any atom is -0.460 e. The van der Waals surface area contributed by atoms with Crippen LogP contribution in [0.1, 0.15) is 30.1 Å². The van der Waals surface area contributed by atoms with Crippen molar-refractivity contribution in [2.45, 2.75) is 19.8 Å². The number of non-ortho nitro benzene ring substituents is 1. The molecule has 0 heterocycles.